The third-order valence-corrected chi connectivity index (χ3v) is 4.19. The molecule has 27 heavy (non-hydrogen) atoms. The fourth-order valence-corrected chi connectivity index (χ4v) is 2.61. The first-order valence-corrected chi connectivity index (χ1v) is 8.71. The van der Waals surface area contributed by atoms with E-state index in [9.17, 15) is 0 Å². The minimum atomic E-state index is 0.0146. The Hall–Kier alpha value is -3.19. The van der Waals surface area contributed by atoms with Gasteiger partial charge in [0.1, 0.15) is 6.10 Å². The quantitative estimate of drug-likeness (QED) is 0.690. The van der Waals surface area contributed by atoms with Gasteiger partial charge in [-0.3, -0.25) is 4.98 Å². The molecule has 0 saturated carbocycles. The Kier molecular flexibility index (Phi) is 5.11. The molecule has 1 fully saturated rings. The second-order valence-electron chi connectivity index (χ2n) is 6.11. The highest BCUT2D eigenvalue weighted by Gasteiger charge is 2.23. The van der Waals surface area contributed by atoms with Gasteiger partial charge in [0, 0.05) is 18.3 Å². The van der Waals surface area contributed by atoms with Crippen LogP contribution in [0.25, 0.3) is 11.3 Å². The van der Waals surface area contributed by atoms with Gasteiger partial charge < -0.3 is 19.5 Å². The maximum atomic E-state index is 5.78. The number of hydrogen-bond acceptors (Lipinski definition) is 7. The molecule has 1 aromatic carbocycles. The van der Waals surface area contributed by atoms with Crippen LogP contribution in [0.4, 0.5) is 5.95 Å². The predicted octanol–water partition coefficient (Wildman–Crippen LogP) is 2.94. The molecule has 3 heterocycles. The fraction of sp³-hybridized carbons (Fsp3) is 0.250. The van der Waals surface area contributed by atoms with Gasteiger partial charge in [-0.05, 0) is 17.7 Å². The molecule has 0 radical (unpaired) electrons. The number of aromatic nitrogens is 3. The number of methoxy groups -OCH3 is 1. The molecule has 0 spiro atoms. The summed E-state index contributed by atoms with van der Waals surface area (Å²) in [5.74, 6) is 1.42. The molecule has 0 aliphatic carbocycles. The van der Waals surface area contributed by atoms with Crippen molar-refractivity contribution in [1.29, 1.82) is 0 Å². The number of nitrogens with one attached hydrogen (secondary N) is 1. The van der Waals surface area contributed by atoms with Gasteiger partial charge in [0.25, 0.3) is 5.88 Å². The van der Waals surface area contributed by atoms with Crippen LogP contribution in [-0.4, -0.2) is 41.4 Å². The molecule has 1 saturated heterocycles. The summed E-state index contributed by atoms with van der Waals surface area (Å²) in [6, 6.07) is 14.1. The molecule has 4 rings (SSSR count). The number of pyridine rings is 1. The highest BCUT2D eigenvalue weighted by molar-refractivity contribution is 5.59. The van der Waals surface area contributed by atoms with Crippen molar-refractivity contribution < 1.29 is 14.2 Å². The summed E-state index contributed by atoms with van der Waals surface area (Å²) >= 11 is 0. The van der Waals surface area contributed by atoms with Crippen LogP contribution in [0.3, 0.4) is 0 Å². The van der Waals surface area contributed by atoms with Crippen LogP contribution in [-0.2, 0) is 11.3 Å². The Balaban J connectivity index is 1.41. The third kappa shape index (κ3) is 4.15. The molecule has 2 aromatic heterocycles. The summed E-state index contributed by atoms with van der Waals surface area (Å²) in [6.07, 6.45) is 3.41. The Morgan fingerprint density at radius 1 is 1.11 bits per heavy atom. The first kappa shape index (κ1) is 17.2. The van der Waals surface area contributed by atoms with E-state index < -0.39 is 0 Å². The molecule has 7 heteroatoms. The summed E-state index contributed by atoms with van der Waals surface area (Å²) < 4.78 is 16.2. The van der Waals surface area contributed by atoms with Gasteiger partial charge in [0.05, 0.1) is 32.2 Å². The van der Waals surface area contributed by atoms with E-state index in [0.717, 1.165) is 16.8 Å². The maximum Gasteiger partial charge on any atom is 0.262 e. The number of hydrogen-bond donors (Lipinski definition) is 1. The van der Waals surface area contributed by atoms with Crippen molar-refractivity contribution in [2.75, 3.05) is 25.6 Å². The van der Waals surface area contributed by atoms with E-state index in [0.29, 0.717) is 37.3 Å². The SMILES string of the molecule is COc1cnc(NCc2ccc(-c3ccccn3)cc2)nc1OC1COC1. The summed E-state index contributed by atoms with van der Waals surface area (Å²) in [4.78, 5) is 13.0. The van der Waals surface area contributed by atoms with Gasteiger partial charge in [-0.1, -0.05) is 30.3 Å². The first-order valence-electron chi connectivity index (χ1n) is 8.71. The lowest BCUT2D eigenvalue weighted by Gasteiger charge is -2.26. The van der Waals surface area contributed by atoms with E-state index in [-0.39, 0.29) is 6.10 Å². The Labute approximate surface area is 157 Å². The molecular weight excluding hydrogens is 344 g/mol. The summed E-state index contributed by atoms with van der Waals surface area (Å²) in [5.41, 5.74) is 3.15. The van der Waals surface area contributed by atoms with Crippen molar-refractivity contribution in [2.45, 2.75) is 12.6 Å². The summed E-state index contributed by atoms with van der Waals surface area (Å²) in [6.45, 7) is 1.73. The van der Waals surface area contributed by atoms with Gasteiger partial charge in [-0.25, -0.2) is 4.98 Å². The Bertz CT molecular complexity index is 883. The van der Waals surface area contributed by atoms with Crippen LogP contribution in [0, 0.1) is 0 Å². The average Bonchev–Trinajstić information content (AvgIpc) is 2.70. The molecule has 138 valence electrons. The third-order valence-electron chi connectivity index (χ3n) is 4.19. The molecule has 0 atom stereocenters. The first-order chi connectivity index (χ1) is 13.3. The standard InChI is InChI=1S/C20H20N4O3/c1-25-18-11-23-20(24-19(18)27-16-12-26-13-16)22-10-14-5-7-15(8-6-14)17-4-2-3-9-21-17/h2-9,11,16H,10,12-13H2,1H3,(H,22,23,24). The predicted molar refractivity (Wildman–Crippen MR) is 101 cm³/mol. The lowest BCUT2D eigenvalue weighted by Crippen LogP contribution is -2.38. The van der Waals surface area contributed by atoms with E-state index in [1.165, 1.54) is 0 Å². The molecule has 0 amide bonds. The minimum Gasteiger partial charge on any atom is -0.490 e. The van der Waals surface area contributed by atoms with Gasteiger partial charge in [-0.15, -0.1) is 0 Å². The Morgan fingerprint density at radius 3 is 2.63 bits per heavy atom. The number of ether oxygens (including phenoxy) is 3. The van der Waals surface area contributed by atoms with Crippen LogP contribution in [0.1, 0.15) is 5.56 Å². The lowest BCUT2D eigenvalue weighted by molar-refractivity contribution is -0.0820. The number of anilines is 1. The number of rotatable bonds is 7. The zero-order valence-electron chi connectivity index (χ0n) is 15.0. The van der Waals surface area contributed by atoms with E-state index >= 15 is 0 Å². The highest BCUT2D eigenvalue weighted by atomic mass is 16.6. The smallest absolute Gasteiger partial charge is 0.262 e. The van der Waals surface area contributed by atoms with Gasteiger partial charge in [-0.2, -0.15) is 4.98 Å². The molecule has 1 aliphatic rings. The van der Waals surface area contributed by atoms with Crippen LogP contribution >= 0.6 is 0 Å². The van der Waals surface area contributed by atoms with Crippen LogP contribution < -0.4 is 14.8 Å². The topological polar surface area (TPSA) is 78.4 Å². The van der Waals surface area contributed by atoms with Crippen LogP contribution in [0.2, 0.25) is 0 Å². The van der Waals surface area contributed by atoms with Crippen LogP contribution in [0.15, 0.2) is 54.9 Å². The van der Waals surface area contributed by atoms with Gasteiger partial charge in [0.2, 0.25) is 5.95 Å². The van der Waals surface area contributed by atoms with E-state index in [1.807, 2.05) is 18.2 Å². The minimum absolute atomic E-state index is 0.0146. The second-order valence-corrected chi connectivity index (χ2v) is 6.11. The van der Waals surface area contributed by atoms with Gasteiger partial charge >= 0.3 is 0 Å². The van der Waals surface area contributed by atoms with E-state index in [4.69, 9.17) is 14.2 Å². The summed E-state index contributed by atoms with van der Waals surface area (Å²) in [7, 11) is 1.57. The van der Waals surface area contributed by atoms with Crippen molar-refractivity contribution >= 4 is 5.95 Å². The van der Waals surface area contributed by atoms with Crippen molar-refractivity contribution in [3.63, 3.8) is 0 Å². The monoisotopic (exact) mass is 364 g/mol. The van der Waals surface area contributed by atoms with Crippen LogP contribution in [0.5, 0.6) is 11.6 Å². The lowest BCUT2D eigenvalue weighted by atomic mass is 10.1. The summed E-state index contributed by atoms with van der Waals surface area (Å²) in [5, 5.41) is 3.22. The van der Waals surface area contributed by atoms with Crippen molar-refractivity contribution in [3.05, 3.63) is 60.4 Å². The zero-order chi connectivity index (χ0) is 18.5. The molecule has 0 unspecified atom stereocenters. The molecule has 1 N–H and O–H groups in total. The van der Waals surface area contributed by atoms with Crippen molar-refractivity contribution in [2.24, 2.45) is 0 Å². The molecule has 1 aliphatic heterocycles. The van der Waals surface area contributed by atoms with Gasteiger partial charge in [0.15, 0.2) is 5.75 Å². The number of nitrogens with zero attached hydrogens (tertiary/aromatic N) is 3. The molecule has 0 bridgehead atoms. The molecule has 7 nitrogen and oxygen atoms in total. The maximum absolute atomic E-state index is 5.78. The average molecular weight is 364 g/mol. The molecular formula is C20H20N4O3. The largest absolute Gasteiger partial charge is 0.490 e. The highest BCUT2D eigenvalue weighted by Crippen LogP contribution is 2.27. The van der Waals surface area contributed by atoms with Crippen molar-refractivity contribution in [1.82, 2.24) is 15.0 Å². The fourth-order valence-electron chi connectivity index (χ4n) is 2.61. The number of benzene rings is 1. The van der Waals surface area contributed by atoms with Crippen molar-refractivity contribution in [3.8, 4) is 22.9 Å². The zero-order valence-corrected chi connectivity index (χ0v) is 15.0. The Morgan fingerprint density at radius 2 is 1.96 bits per heavy atom. The normalized spacial score (nSPS) is 13.7. The second kappa shape index (κ2) is 8.01. The van der Waals surface area contributed by atoms with E-state index in [2.05, 4.69) is 44.5 Å². The van der Waals surface area contributed by atoms with E-state index in [1.54, 1.807) is 19.5 Å². The molecule has 3 aromatic rings.